The lowest BCUT2D eigenvalue weighted by Gasteiger charge is -2.25. The van der Waals surface area contributed by atoms with E-state index < -0.39 is 0 Å². The molecule has 0 aliphatic rings. The lowest BCUT2D eigenvalue weighted by molar-refractivity contribution is 0.0744. The first-order valence-electron chi connectivity index (χ1n) is 8.96. The molecule has 142 valence electrons. The summed E-state index contributed by atoms with van der Waals surface area (Å²) < 4.78 is 5.40. The van der Waals surface area contributed by atoms with E-state index >= 15 is 0 Å². The van der Waals surface area contributed by atoms with Crippen LogP contribution in [0, 0.1) is 13.8 Å². The molecule has 1 amide bonds. The highest BCUT2D eigenvalue weighted by molar-refractivity contribution is 7.15. The van der Waals surface area contributed by atoms with E-state index in [0.717, 1.165) is 10.4 Å². The van der Waals surface area contributed by atoms with Crippen LogP contribution in [0.15, 0.2) is 47.2 Å². The largest absolute Gasteiger partial charge is 0.335 e. The summed E-state index contributed by atoms with van der Waals surface area (Å²) >= 11 is 1.63. The first-order chi connectivity index (χ1) is 13.5. The minimum Gasteiger partial charge on any atom is -0.335 e. The average molecular weight is 392 g/mol. The molecule has 0 spiro atoms. The molecule has 28 heavy (non-hydrogen) atoms. The molecule has 0 radical (unpaired) electrons. The number of aryl methyl sites for hydroxylation is 2. The van der Waals surface area contributed by atoms with Crippen molar-refractivity contribution in [3.05, 3.63) is 64.4 Å². The van der Waals surface area contributed by atoms with Gasteiger partial charge in [-0.2, -0.15) is 0 Å². The van der Waals surface area contributed by atoms with Crippen LogP contribution < -0.4 is 0 Å². The summed E-state index contributed by atoms with van der Waals surface area (Å²) in [6, 6.07) is 9.59. The van der Waals surface area contributed by atoms with E-state index in [1.54, 1.807) is 35.7 Å². The number of rotatable bonds is 4. The molecular formula is C21H20N4O2S. The van der Waals surface area contributed by atoms with Crippen LogP contribution in [0.4, 0.5) is 0 Å². The van der Waals surface area contributed by atoms with Crippen molar-refractivity contribution in [1.82, 2.24) is 20.0 Å². The Hall–Kier alpha value is -3.06. The van der Waals surface area contributed by atoms with Crippen molar-refractivity contribution in [2.75, 3.05) is 7.05 Å². The third-order valence-corrected chi connectivity index (χ3v) is 5.93. The van der Waals surface area contributed by atoms with Gasteiger partial charge >= 0.3 is 0 Å². The summed E-state index contributed by atoms with van der Waals surface area (Å²) in [5.41, 5.74) is 3.27. The number of fused-ring (bicyclic) bond motifs is 1. The van der Waals surface area contributed by atoms with Crippen LogP contribution in [0.25, 0.3) is 21.7 Å². The Morgan fingerprint density at radius 2 is 2.07 bits per heavy atom. The predicted molar refractivity (Wildman–Crippen MR) is 109 cm³/mol. The SMILES string of the molecule is Cc1ccc(-c2cc(C(=O)N(C)C(C)c3cccnc3)c3c(C)noc3n2)s1. The molecule has 0 saturated carbocycles. The minimum absolute atomic E-state index is 0.107. The van der Waals surface area contributed by atoms with E-state index in [1.807, 2.05) is 51.1 Å². The number of carbonyl (C=O) groups is 1. The van der Waals surface area contributed by atoms with Gasteiger partial charge in [0.15, 0.2) is 0 Å². The normalized spacial score (nSPS) is 12.3. The molecule has 1 unspecified atom stereocenters. The second kappa shape index (κ2) is 7.16. The molecule has 4 rings (SSSR count). The fraction of sp³-hybridized carbons (Fsp3) is 0.238. The Bertz CT molecular complexity index is 1150. The Morgan fingerprint density at radius 3 is 2.75 bits per heavy atom. The van der Waals surface area contributed by atoms with E-state index in [-0.39, 0.29) is 11.9 Å². The molecule has 0 bridgehead atoms. The summed E-state index contributed by atoms with van der Waals surface area (Å²) in [5.74, 6) is -0.107. The molecule has 4 heterocycles. The third-order valence-electron chi connectivity index (χ3n) is 4.91. The van der Waals surface area contributed by atoms with Gasteiger partial charge in [-0.25, -0.2) is 4.98 Å². The first kappa shape index (κ1) is 18.3. The van der Waals surface area contributed by atoms with E-state index in [0.29, 0.717) is 28.1 Å². The molecule has 0 aromatic carbocycles. The van der Waals surface area contributed by atoms with Crippen LogP contribution in [0.5, 0.6) is 0 Å². The maximum Gasteiger partial charge on any atom is 0.259 e. The van der Waals surface area contributed by atoms with Crippen LogP contribution in [-0.2, 0) is 0 Å². The molecule has 0 aliphatic carbocycles. The fourth-order valence-corrected chi connectivity index (χ4v) is 4.00. The van der Waals surface area contributed by atoms with Crippen molar-refractivity contribution in [2.45, 2.75) is 26.8 Å². The molecule has 7 heteroatoms. The van der Waals surface area contributed by atoms with Gasteiger partial charge in [-0.05, 0) is 50.6 Å². The van der Waals surface area contributed by atoms with Gasteiger partial charge in [0.2, 0.25) is 0 Å². The Balaban J connectivity index is 1.80. The van der Waals surface area contributed by atoms with Crippen LogP contribution in [0.3, 0.4) is 0 Å². The number of pyridine rings is 2. The fourth-order valence-electron chi connectivity index (χ4n) is 3.17. The maximum absolute atomic E-state index is 13.4. The molecular weight excluding hydrogens is 372 g/mol. The van der Waals surface area contributed by atoms with Crippen molar-refractivity contribution in [2.24, 2.45) is 0 Å². The quantitative estimate of drug-likeness (QED) is 0.499. The number of hydrogen-bond donors (Lipinski definition) is 0. The minimum atomic E-state index is -0.128. The second-order valence-electron chi connectivity index (χ2n) is 6.79. The van der Waals surface area contributed by atoms with E-state index in [1.165, 1.54) is 4.88 Å². The zero-order valence-corrected chi connectivity index (χ0v) is 16.9. The summed E-state index contributed by atoms with van der Waals surface area (Å²) in [4.78, 5) is 26.1. The average Bonchev–Trinajstić information content (AvgIpc) is 3.32. The highest BCUT2D eigenvalue weighted by Crippen LogP contribution is 2.32. The first-order valence-corrected chi connectivity index (χ1v) is 9.78. The van der Waals surface area contributed by atoms with Gasteiger partial charge in [-0.1, -0.05) is 11.2 Å². The van der Waals surface area contributed by atoms with E-state index in [9.17, 15) is 4.79 Å². The van der Waals surface area contributed by atoms with Crippen LogP contribution >= 0.6 is 11.3 Å². The number of amides is 1. The topological polar surface area (TPSA) is 72.1 Å². The van der Waals surface area contributed by atoms with Crippen molar-refractivity contribution in [1.29, 1.82) is 0 Å². The zero-order valence-electron chi connectivity index (χ0n) is 16.1. The van der Waals surface area contributed by atoms with Crippen LogP contribution in [-0.4, -0.2) is 33.0 Å². The standard InChI is InChI=1S/C21H20N4O2S/c1-12-7-8-18(28-12)17-10-16(19-13(2)24-27-20(19)23-17)21(26)25(4)14(3)15-6-5-9-22-11-15/h5-11,14H,1-4H3. The summed E-state index contributed by atoms with van der Waals surface area (Å²) in [6.07, 6.45) is 3.50. The van der Waals surface area contributed by atoms with Crippen molar-refractivity contribution in [3.8, 4) is 10.6 Å². The molecule has 6 nitrogen and oxygen atoms in total. The van der Waals surface area contributed by atoms with Gasteiger partial charge in [0, 0.05) is 24.3 Å². The molecule has 1 atom stereocenters. The highest BCUT2D eigenvalue weighted by atomic mass is 32.1. The number of nitrogens with zero attached hydrogens (tertiary/aromatic N) is 4. The predicted octanol–water partition coefficient (Wildman–Crippen LogP) is 4.80. The van der Waals surface area contributed by atoms with Crippen molar-refractivity contribution in [3.63, 3.8) is 0 Å². The van der Waals surface area contributed by atoms with Gasteiger partial charge in [-0.3, -0.25) is 9.78 Å². The summed E-state index contributed by atoms with van der Waals surface area (Å²) in [5, 5.41) is 4.69. The Morgan fingerprint density at radius 1 is 1.25 bits per heavy atom. The van der Waals surface area contributed by atoms with Gasteiger partial charge in [-0.15, -0.1) is 11.3 Å². The highest BCUT2D eigenvalue weighted by Gasteiger charge is 2.25. The van der Waals surface area contributed by atoms with Crippen molar-refractivity contribution < 1.29 is 9.32 Å². The van der Waals surface area contributed by atoms with E-state index in [2.05, 4.69) is 15.1 Å². The molecule has 0 saturated heterocycles. The van der Waals surface area contributed by atoms with Gasteiger partial charge in [0.05, 0.1) is 33.3 Å². The monoisotopic (exact) mass is 392 g/mol. The lowest BCUT2D eigenvalue weighted by atomic mass is 10.1. The van der Waals surface area contributed by atoms with Gasteiger partial charge < -0.3 is 9.42 Å². The number of aromatic nitrogens is 3. The van der Waals surface area contributed by atoms with E-state index in [4.69, 9.17) is 4.52 Å². The molecule has 4 aromatic rings. The van der Waals surface area contributed by atoms with Crippen molar-refractivity contribution >= 4 is 28.3 Å². The Kier molecular flexibility index (Phi) is 4.68. The van der Waals surface area contributed by atoms with Crippen LogP contribution in [0.1, 0.15) is 39.5 Å². The van der Waals surface area contributed by atoms with Gasteiger partial charge in [0.1, 0.15) is 0 Å². The maximum atomic E-state index is 13.4. The lowest BCUT2D eigenvalue weighted by Crippen LogP contribution is -2.30. The number of carbonyl (C=O) groups excluding carboxylic acids is 1. The zero-order chi connectivity index (χ0) is 19.8. The smallest absolute Gasteiger partial charge is 0.259 e. The third kappa shape index (κ3) is 3.18. The second-order valence-corrected chi connectivity index (χ2v) is 8.08. The summed E-state index contributed by atoms with van der Waals surface area (Å²) in [6.45, 7) is 5.85. The van der Waals surface area contributed by atoms with Gasteiger partial charge in [0.25, 0.3) is 11.6 Å². The molecule has 0 fully saturated rings. The number of hydrogen-bond acceptors (Lipinski definition) is 6. The summed E-state index contributed by atoms with van der Waals surface area (Å²) in [7, 11) is 1.80. The molecule has 0 aliphatic heterocycles. The molecule has 0 N–H and O–H groups in total. The Labute approximate surface area is 166 Å². The molecule has 4 aromatic heterocycles. The van der Waals surface area contributed by atoms with Crippen LogP contribution in [0.2, 0.25) is 0 Å². The number of thiophene rings is 1.